The summed E-state index contributed by atoms with van der Waals surface area (Å²) in [5.74, 6) is 0.876. The Balaban J connectivity index is 1.38. The highest BCUT2D eigenvalue weighted by atomic mass is 32.1. The molecule has 5 nitrogen and oxygen atoms in total. The molecule has 0 spiro atoms. The smallest absolute Gasteiger partial charge is 0.131 e. The number of thiazole rings is 1. The van der Waals surface area contributed by atoms with Crippen molar-refractivity contribution in [3.05, 3.63) is 46.4 Å². The van der Waals surface area contributed by atoms with E-state index in [9.17, 15) is 0 Å². The van der Waals surface area contributed by atoms with Gasteiger partial charge in [0, 0.05) is 31.6 Å². The van der Waals surface area contributed by atoms with Crippen molar-refractivity contribution in [2.75, 3.05) is 32.8 Å². The Bertz CT molecular complexity index is 589. The molecule has 6 heteroatoms. The highest BCUT2D eigenvalue weighted by molar-refractivity contribution is 7.07. The maximum atomic E-state index is 5.81. The molecule has 0 amide bonds. The summed E-state index contributed by atoms with van der Waals surface area (Å²) in [6.07, 6.45) is 0.291. The van der Waals surface area contributed by atoms with E-state index in [4.69, 9.17) is 9.47 Å². The van der Waals surface area contributed by atoms with Crippen LogP contribution in [-0.2, 0) is 17.9 Å². The zero-order valence-corrected chi connectivity index (χ0v) is 14.9. The fourth-order valence-corrected chi connectivity index (χ4v) is 3.28. The van der Waals surface area contributed by atoms with Crippen LogP contribution in [0, 0.1) is 0 Å². The predicted octanol–water partition coefficient (Wildman–Crippen LogP) is 2.53. The van der Waals surface area contributed by atoms with E-state index in [0.717, 1.165) is 50.8 Å². The van der Waals surface area contributed by atoms with Gasteiger partial charge in [-0.25, -0.2) is 4.98 Å². The first kappa shape index (κ1) is 17.4. The normalized spacial score (nSPS) is 18.6. The molecule has 1 atom stereocenters. The first-order valence-corrected chi connectivity index (χ1v) is 9.41. The van der Waals surface area contributed by atoms with Crippen LogP contribution in [0.5, 0.6) is 5.75 Å². The minimum Gasteiger partial charge on any atom is -0.487 e. The van der Waals surface area contributed by atoms with E-state index in [1.54, 1.807) is 11.3 Å². The SMILES string of the molecule is CCN1CCOC(CNCc2ccc(OCc3cscn3)cc2)C1. The van der Waals surface area contributed by atoms with Crippen LogP contribution >= 0.6 is 11.3 Å². The van der Waals surface area contributed by atoms with Gasteiger partial charge in [0.1, 0.15) is 12.4 Å². The lowest BCUT2D eigenvalue weighted by atomic mass is 10.2. The molecule has 0 bridgehead atoms. The molecule has 3 rings (SSSR count). The standard InChI is InChI=1S/C18H25N3O2S/c1-2-21-7-8-22-18(11-21)10-19-9-15-3-5-17(6-4-15)23-12-16-13-24-14-20-16/h3-6,13-14,18-19H,2,7-12H2,1H3. The topological polar surface area (TPSA) is 46.6 Å². The molecule has 2 heterocycles. The second-order valence-corrected chi connectivity index (χ2v) is 6.65. The van der Waals surface area contributed by atoms with Crippen LogP contribution in [0.15, 0.2) is 35.2 Å². The van der Waals surface area contributed by atoms with Crippen molar-refractivity contribution in [2.24, 2.45) is 0 Å². The van der Waals surface area contributed by atoms with Gasteiger partial charge in [0.2, 0.25) is 0 Å². The van der Waals surface area contributed by atoms with E-state index in [0.29, 0.717) is 12.7 Å². The van der Waals surface area contributed by atoms with Gasteiger partial charge in [0.15, 0.2) is 0 Å². The van der Waals surface area contributed by atoms with Crippen LogP contribution in [0.4, 0.5) is 0 Å². The quantitative estimate of drug-likeness (QED) is 0.795. The van der Waals surface area contributed by atoms with E-state index in [-0.39, 0.29) is 0 Å². The Morgan fingerprint density at radius 1 is 1.38 bits per heavy atom. The number of nitrogens with zero attached hydrogens (tertiary/aromatic N) is 2. The molecule has 1 N–H and O–H groups in total. The summed E-state index contributed by atoms with van der Waals surface area (Å²) in [6.45, 7) is 8.47. The molecule has 0 aliphatic carbocycles. The fraction of sp³-hybridized carbons (Fsp3) is 0.500. The molecule has 1 unspecified atom stereocenters. The van der Waals surface area contributed by atoms with Crippen molar-refractivity contribution in [3.63, 3.8) is 0 Å². The number of ether oxygens (including phenoxy) is 2. The molecule has 130 valence electrons. The van der Waals surface area contributed by atoms with E-state index in [1.165, 1.54) is 5.56 Å². The third-order valence-corrected chi connectivity index (χ3v) is 4.80. The maximum Gasteiger partial charge on any atom is 0.131 e. The van der Waals surface area contributed by atoms with Gasteiger partial charge in [-0.05, 0) is 24.2 Å². The molecule has 1 aliphatic rings. The summed E-state index contributed by atoms with van der Waals surface area (Å²) < 4.78 is 11.5. The van der Waals surface area contributed by atoms with Gasteiger partial charge in [-0.15, -0.1) is 11.3 Å². The minimum absolute atomic E-state index is 0.291. The Morgan fingerprint density at radius 2 is 2.25 bits per heavy atom. The third kappa shape index (κ3) is 5.27. The third-order valence-electron chi connectivity index (χ3n) is 4.16. The monoisotopic (exact) mass is 347 g/mol. The van der Waals surface area contributed by atoms with Gasteiger partial charge in [0.25, 0.3) is 0 Å². The van der Waals surface area contributed by atoms with Crippen molar-refractivity contribution in [1.82, 2.24) is 15.2 Å². The van der Waals surface area contributed by atoms with Crippen LogP contribution < -0.4 is 10.1 Å². The zero-order chi connectivity index (χ0) is 16.6. The predicted molar refractivity (Wildman–Crippen MR) is 96.4 cm³/mol. The highest BCUT2D eigenvalue weighted by Gasteiger charge is 2.18. The van der Waals surface area contributed by atoms with E-state index in [2.05, 4.69) is 34.3 Å². The van der Waals surface area contributed by atoms with Crippen molar-refractivity contribution in [3.8, 4) is 5.75 Å². The number of benzene rings is 1. The largest absolute Gasteiger partial charge is 0.487 e. The number of likely N-dealkylation sites (N-methyl/N-ethyl adjacent to an activating group) is 1. The van der Waals surface area contributed by atoms with Gasteiger partial charge in [-0.2, -0.15) is 0 Å². The van der Waals surface area contributed by atoms with Gasteiger partial charge in [-0.3, -0.25) is 4.90 Å². The number of hydrogen-bond donors (Lipinski definition) is 1. The lowest BCUT2D eigenvalue weighted by molar-refractivity contribution is -0.0253. The Labute approximate surface area is 147 Å². The van der Waals surface area contributed by atoms with Gasteiger partial charge in [0.05, 0.1) is 23.9 Å². The van der Waals surface area contributed by atoms with Crippen molar-refractivity contribution in [1.29, 1.82) is 0 Å². The average Bonchev–Trinajstić information content (AvgIpc) is 3.15. The molecule has 1 aromatic heterocycles. The molecule has 2 aromatic rings. The number of nitrogens with one attached hydrogen (secondary N) is 1. The Morgan fingerprint density at radius 3 is 3.00 bits per heavy atom. The van der Waals surface area contributed by atoms with Crippen molar-refractivity contribution >= 4 is 11.3 Å². The van der Waals surface area contributed by atoms with E-state index >= 15 is 0 Å². The minimum atomic E-state index is 0.291. The average molecular weight is 347 g/mol. The van der Waals surface area contributed by atoms with Gasteiger partial charge < -0.3 is 14.8 Å². The molecular formula is C18H25N3O2S. The van der Waals surface area contributed by atoms with Gasteiger partial charge >= 0.3 is 0 Å². The maximum absolute atomic E-state index is 5.81. The number of morpholine rings is 1. The van der Waals surface area contributed by atoms with E-state index < -0.39 is 0 Å². The summed E-state index contributed by atoms with van der Waals surface area (Å²) in [4.78, 5) is 6.65. The zero-order valence-electron chi connectivity index (χ0n) is 14.1. The number of aromatic nitrogens is 1. The summed E-state index contributed by atoms with van der Waals surface area (Å²) >= 11 is 1.59. The molecular weight excluding hydrogens is 322 g/mol. The summed E-state index contributed by atoms with van der Waals surface area (Å²) in [5.41, 5.74) is 4.04. The van der Waals surface area contributed by atoms with Crippen LogP contribution in [0.3, 0.4) is 0 Å². The van der Waals surface area contributed by atoms with Crippen molar-refractivity contribution < 1.29 is 9.47 Å². The summed E-state index contributed by atoms with van der Waals surface area (Å²) in [7, 11) is 0. The highest BCUT2D eigenvalue weighted by Crippen LogP contribution is 2.14. The van der Waals surface area contributed by atoms with Crippen LogP contribution in [0.25, 0.3) is 0 Å². The van der Waals surface area contributed by atoms with Crippen LogP contribution in [0.2, 0.25) is 0 Å². The lowest BCUT2D eigenvalue weighted by Gasteiger charge is -2.32. The molecule has 1 aromatic carbocycles. The summed E-state index contributed by atoms with van der Waals surface area (Å²) in [5, 5.41) is 5.49. The first-order chi connectivity index (χ1) is 11.8. The van der Waals surface area contributed by atoms with Gasteiger partial charge in [-0.1, -0.05) is 19.1 Å². The number of rotatable bonds is 8. The fourth-order valence-electron chi connectivity index (χ4n) is 2.74. The molecule has 1 saturated heterocycles. The first-order valence-electron chi connectivity index (χ1n) is 8.47. The second-order valence-electron chi connectivity index (χ2n) is 5.93. The lowest BCUT2D eigenvalue weighted by Crippen LogP contribution is -2.46. The molecule has 0 radical (unpaired) electrons. The molecule has 0 saturated carbocycles. The van der Waals surface area contributed by atoms with E-state index in [1.807, 2.05) is 23.0 Å². The summed E-state index contributed by atoms with van der Waals surface area (Å²) in [6, 6.07) is 8.23. The molecule has 1 aliphatic heterocycles. The second kappa shape index (κ2) is 9.13. The number of hydrogen-bond acceptors (Lipinski definition) is 6. The Kier molecular flexibility index (Phi) is 6.60. The molecule has 24 heavy (non-hydrogen) atoms. The van der Waals surface area contributed by atoms with Crippen LogP contribution in [0.1, 0.15) is 18.2 Å². The van der Waals surface area contributed by atoms with Crippen LogP contribution in [-0.4, -0.2) is 48.8 Å². The molecule has 1 fully saturated rings. The Hall–Kier alpha value is -1.47. The van der Waals surface area contributed by atoms with Crippen molar-refractivity contribution in [2.45, 2.75) is 26.2 Å².